The predicted molar refractivity (Wildman–Crippen MR) is 156 cm³/mol. The first-order valence-corrected chi connectivity index (χ1v) is 14.0. The number of aryl methyl sites for hydroxylation is 1. The number of likely N-dealkylation sites (tertiary alicyclic amines) is 1. The van der Waals surface area contributed by atoms with E-state index in [0.29, 0.717) is 29.0 Å². The van der Waals surface area contributed by atoms with Gasteiger partial charge >= 0.3 is 12.2 Å². The molecule has 0 radical (unpaired) electrons. The summed E-state index contributed by atoms with van der Waals surface area (Å²) in [5, 5.41) is 0.442. The first-order valence-electron chi connectivity index (χ1n) is 13.6. The van der Waals surface area contributed by atoms with Gasteiger partial charge in [0.15, 0.2) is 0 Å². The number of ether oxygens (including phenoxy) is 3. The van der Waals surface area contributed by atoms with E-state index in [9.17, 15) is 18.8 Å². The van der Waals surface area contributed by atoms with Gasteiger partial charge in [0.2, 0.25) is 5.91 Å². The van der Waals surface area contributed by atoms with Crippen LogP contribution in [0.3, 0.4) is 0 Å². The van der Waals surface area contributed by atoms with Crippen LogP contribution in [0.25, 0.3) is 11.1 Å². The van der Waals surface area contributed by atoms with Crippen molar-refractivity contribution in [2.75, 3.05) is 6.61 Å². The molecule has 0 saturated carbocycles. The van der Waals surface area contributed by atoms with Crippen molar-refractivity contribution in [3.63, 3.8) is 0 Å². The van der Waals surface area contributed by atoms with Gasteiger partial charge in [-0.3, -0.25) is 4.79 Å². The highest BCUT2D eigenvalue weighted by atomic mass is 35.5. The normalized spacial score (nSPS) is 19.2. The summed E-state index contributed by atoms with van der Waals surface area (Å²) < 4.78 is 30.6. The number of carbonyl (C=O) groups excluding carboxylic acids is 3. The van der Waals surface area contributed by atoms with Crippen molar-refractivity contribution in [2.45, 2.75) is 84.5 Å². The minimum atomic E-state index is -1.19. The van der Waals surface area contributed by atoms with Crippen LogP contribution >= 0.6 is 11.6 Å². The van der Waals surface area contributed by atoms with Crippen molar-refractivity contribution in [3.05, 3.63) is 71.5 Å². The fourth-order valence-electron chi connectivity index (χ4n) is 4.83. The highest BCUT2D eigenvalue weighted by molar-refractivity contribution is 6.30. The fourth-order valence-corrected chi connectivity index (χ4v) is 5.00. The average molecular weight is 588 g/mol. The number of hydrogen-bond donors (Lipinski definition) is 0. The van der Waals surface area contributed by atoms with Crippen molar-refractivity contribution in [1.29, 1.82) is 0 Å². The largest absolute Gasteiger partial charge is 0.508 e. The molecule has 41 heavy (non-hydrogen) atoms. The first kappa shape index (κ1) is 32.1. The molecule has 1 saturated heterocycles. The Morgan fingerprint density at radius 1 is 1.07 bits per heavy atom. The maximum atomic E-state index is 14.3. The Balaban J connectivity index is 1.82. The van der Waals surface area contributed by atoms with E-state index in [2.05, 4.69) is 6.58 Å². The number of hydrogen-bond acceptors (Lipinski definition) is 6. The number of rotatable bonds is 8. The summed E-state index contributed by atoms with van der Waals surface area (Å²) >= 11 is 6.05. The molecular formula is C32H39ClFNO6. The zero-order valence-electron chi connectivity index (χ0n) is 24.6. The number of imide groups is 1. The molecule has 1 unspecified atom stereocenters. The molecule has 0 aliphatic carbocycles. The number of carbonyl (C=O) groups is 3. The Morgan fingerprint density at radius 3 is 2.29 bits per heavy atom. The summed E-state index contributed by atoms with van der Waals surface area (Å²) in [5.41, 5.74) is -0.732. The van der Waals surface area contributed by atoms with Gasteiger partial charge in [-0.15, -0.1) is 6.58 Å². The van der Waals surface area contributed by atoms with Gasteiger partial charge in [-0.05, 0) is 96.6 Å². The van der Waals surface area contributed by atoms with Crippen LogP contribution in [0.5, 0.6) is 0 Å². The van der Waals surface area contributed by atoms with Crippen LogP contribution < -0.4 is 0 Å². The van der Waals surface area contributed by atoms with E-state index in [1.54, 1.807) is 53.7 Å². The highest BCUT2D eigenvalue weighted by Crippen LogP contribution is 2.42. The molecule has 0 aromatic heterocycles. The third kappa shape index (κ3) is 8.55. The third-order valence-electron chi connectivity index (χ3n) is 6.60. The second-order valence-corrected chi connectivity index (χ2v) is 12.8. The lowest BCUT2D eigenvalue weighted by Gasteiger charge is -2.28. The molecule has 222 valence electrons. The lowest BCUT2D eigenvalue weighted by Crippen LogP contribution is -2.45. The molecule has 2 amide bonds. The van der Waals surface area contributed by atoms with Crippen LogP contribution in [0.2, 0.25) is 5.02 Å². The van der Waals surface area contributed by atoms with Gasteiger partial charge in [-0.2, -0.15) is 0 Å². The summed E-state index contributed by atoms with van der Waals surface area (Å²) in [7, 11) is 0. The summed E-state index contributed by atoms with van der Waals surface area (Å²) in [6, 6.07) is 11.3. The smallest absolute Gasteiger partial charge is 0.443 e. The molecule has 1 fully saturated rings. The number of halogens is 2. The van der Waals surface area contributed by atoms with Crippen LogP contribution in [0.1, 0.15) is 66.4 Å². The second kappa shape index (κ2) is 12.6. The standard InChI is InChI=1S/C32H39ClFNO6/c1-8-17-32(20-39-29(38)41-31(5,6)7)19-24(35(27(32)36)28(37)40-30(2,3)4)15-11-21-9-12-22(13-10-21)25-18-23(33)14-16-26(25)34/h8-10,12-14,16,18,24H,1,11,15,17,19-20H2,2-7H3/t24-,32?/m1/s1. The van der Waals surface area contributed by atoms with Crippen molar-refractivity contribution < 1.29 is 33.0 Å². The van der Waals surface area contributed by atoms with E-state index in [-0.39, 0.29) is 25.3 Å². The molecule has 1 heterocycles. The monoisotopic (exact) mass is 587 g/mol. The van der Waals surface area contributed by atoms with Crippen LogP contribution in [0.15, 0.2) is 55.1 Å². The van der Waals surface area contributed by atoms with Crippen molar-refractivity contribution in [3.8, 4) is 11.1 Å². The molecule has 2 aromatic carbocycles. The quantitative estimate of drug-likeness (QED) is 0.229. The Hall–Kier alpha value is -3.39. The van der Waals surface area contributed by atoms with E-state index >= 15 is 0 Å². The Morgan fingerprint density at radius 2 is 1.71 bits per heavy atom. The third-order valence-corrected chi connectivity index (χ3v) is 6.84. The molecule has 3 rings (SSSR count). The predicted octanol–water partition coefficient (Wildman–Crippen LogP) is 8.13. The van der Waals surface area contributed by atoms with E-state index in [0.717, 1.165) is 10.5 Å². The summed E-state index contributed by atoms with van der Waals surface area (Å²) in [4.78, 5) is 40.5. The van der Waals surface area contributed by atoms with Crippen molar-refractivity contribution in [1.82, 2.24) is 4.90 Å². The van der Waals surface area contributed by atoms with E-state index < -0.39 is 40.8 Å². The van der Waals surface area contributed by atoms with E-state index in [1.807, 2.05) is 24.3 Å². The molecule has 0 spiro atoms. The van der Waals surface area contributed by atoms with Crippen LogP contribution in [-0.2, 0) is 25.4 Å². The van der Waals surface area contributed by atoms with Gasteiger partial charge in [-0.25, -0.2) is 18.9 Å². The molecule has 9 heteroatoms. The summed E-state index contributed by atoms with van der Waals surface area (Å²) in [5.74, 6) is -0.848. The minimum Gasteiger partial charge on any atom is -0.443 e. The average Bonchev–Trinajstić information content (AvgIpc) is 3.13. The van der Waals surface area contributed by atoms with Crippen molar-refractivity contribution in [2.24, 2.45) is 5.41 Å². The molecule has 2 atom stereocenters. The molecule has 7 nitrogen and oxygen atoms in total. The first-order chi connectivity index (χ1) is 19.0. The molecule has 2 aromatic rings. The van der Waals surface area contributed by atoms with E-state index in [4.69, 9.17) is 25.8 Å². The topological polar surface area (TPSA) is 82.1 Å². The molecule has 1 aliphatic heterocycles. The lowest BCUT2D eigenvalue weighted by molar-refractivity contribution is -0.138. The number of nitrogens with zero attached hydrogens (tertiary/aromatic N) is 1. The van der Waals surface area contributed by atoms with Crippen molar-refractivity contribution >= 4 is 29.8 Å². The lowest BCUT2D eigenvalue weighted by atomic mass is 9.81. The number of amides is 2. The maximum absolute atomic E-state index is 14.3. The van der Waals surface area contributed by atoms with Crippen LogP contribution in [-0.4, -0.2) is 46.9 Å². The second-order valence-electron chi connectivity index (χ2n) is 12.4. The van der Waals surface area contributed by atoms with Gasteiger partial charge in [0.05, 0.1) is 5.41 Å². The highest BCUT2D eigenvalue weighted by Gasteiger charge is 2.55. The fraction of sp³-hybridized carbons (Fsp3) is 0.469. The molecular weight excluding hydrogens is 549 g/mol. The SMILES string of the molecule is C=CCC1(COC(=O)OC(C)(C)C)C[C@@H](CCc2ccc(-c3cc(Cl)ccc3F)cc2)N(C(=O)OC(C)(C)C)C1=O. The van der Waals surface area contributed by atoms with Gasteiger partial charge < -0.3 is 14.2 Å². The summed E-state index contributed by atoms with van der Waals surface area (Å²) in [6.07, 6.45) is 1.38. The Labute approximate surface area is 246 Å². The van der Waals surface area contributed by atoms with E-state index in [1.165, 1.54) is 12.1 Å². The zero-order valence-corrected chi connectivity index (χ0v) is 25.3. The molecule has 1 aliphatic rings. The zero-order chi connectivity index (χ0) is 30.6. The van der Waals surface area contributed by atoms with Crippen LogP contribution in [0, 0.1) is 11.2 Å². The summed E-state index contributed by atoms with van der Waals surface area (Å²) in [6.45, 7) is 13.9. The molecule has 0 N–H and O–H groups in total. The minimum absolute atomic E-state index is 0.199. The number of allylic oxidation sites excluding steroid dienone is 1. The van der Waals surface area contributed by atoms with Crippen LogP contribution in [0.4, 0.5) is 14.0 Å². The van der Waals surface area contributed by atoms with Gasteiger partial charge in [-0.1, -0.05) is 41.9 Å². The van der Waals surface area contributed by atoms with Gasteiger partial charge in [0.25, 0.3) is 0 Å². The number of benzene rings is 2. The van der Waals surface area contributed by atoms with Gasteiger partial charge in [0.1, 0.15) is 23.6 Å². The molecule has 0 bridgehead atoms. The Kier molecular flexibility index (Phi) is 9.90. The Bertz CT molecular complexity index is 1280. The van der Waals surface area contributed by atoms with Gasteiger partial charge in [0, 0.05) is 16.6 Å². The maximum Gasteiger partial charge on any atom is 0.508 e.